The molecule has 0 saturated heterocycles. The van der Waals surface area contributed by atoms with E-state index in [1.807, 2.05) is 25.1 Å². The second-order valence-corrected chi connectivity index (χ2v) is 4.07. The van der Waals surface area contributed by atoms with Crippen LogP contribution in [-0.4, -0.2) is 23.4 Å². The van der Waals surface area contributed by atoms with E-state index in [1.165, 1.54) is 12.5 Å². The first kappa shape index (κ1) is 13.2. The molecule has 4 nitrogen and oxygen atoms in total. The Hall–Kier alpha value is -1.84. The van der Waals surface area contributed by atoms with E-state index in [1.54, 1.807) is 0 Å². The number of carboxylic acid groups (broad SMARTS) is 1. The second-order valence-electron chi connectivity index (χ2n) is 4.07. The Morgan fingerprint density at radius 3 is 2.65 bits per heavy atom. The zero-order valence-electron chi connectivity index (χ0n) is 10.1. The zero-order valence-corrected chi connectivity index (χ0v) is 10.1. The molecule has 1 rings (SSSR count). The first-order chi connectivity index (χ1) is 8.09. The van der Waals surface area contributed by atoms with Crippen molar-refractivity contribution in [3.63, 3.8) is 0 Å². The standard InChI is InChI=1S/C13H17NO3/c1-10(8-12-6-4-3-5-7-12)9-17-14-11(2)13(15)16/h3-7,10H,8-9H2,1-2H3,(H,15,16)/b14-11-. The van der Waals surface area contributed by atoms with Crippen LogP contribution in [0.5, 0.6) is 0 Å². The maximum atomic E-state index is 10.5. The van der Waals surface area contributed by atoms with Gasteiger partial charge in [0, 0.05) is 0 Å². The molecule has 17 heavy (non-hydrogen) atoms. The molecule has 1 atom stereocenters. The Morgan fingerprint density at radius 1 is 1.41 bits per heavy atom. The molecule has 0 bridgehead atoms. The molecule has 1 aromatic carbocycles. The third-order valence-electron chi connectivity index (χ3n) is 2.30. The molecule has 0 fully saturated rings. The summed E-state index contributed by atoms with van der Waals surface area (Å²) < 4.78 is 0. The van der Waals surface area contributed by atoms with E-state index in [4.69, 9.17) is 9.94 Å². The summed E-state index contributed by atoms with van der Waals surface area (Å²) in [6.45, 7) is 3.86. The molecular formula is C13H17NO3. The first-order valence-electron chi connectivity index (χ1n) is 5.53. The van der Waals surface area contributed by atoms with Crippen molar-refractivity contribution in [1.82, 2.24) is 0 Å². The number of nitrogens with zero attached hydrogens (tertiary/aromatic N) is 1. The van der Waals surface area contributed by atoms with Gasteiger partial charge in [-0.15, -0.1) is 0 Å². The van der Waals surface area contributed by atoms with E-state index >= 15 is 0 Å². The molecule has 1 N–H and O–H groups in total. The van der Waals surface area contributed by atoms with E-state index in [0.717, 1.165) is 6.42 Å². The molecule has 0 heterocycles. The molecule has 1 unspecified atom stereocenters. The van der Waals surface area contributed by atoms with Gasteiger partial charge in [-0.05, 0) is 24.8 Å². The number of carbonyl (C=O) groups is 1. The summed E-state index contributed by atoms with van der Waals surface area (Å²) in [5.74, 6) is -0.761. The lowest BCUT2D eigenvalue weighted by Crippen LogP contribution is -2.11. The van der Waals surface area contributed by atoms with Gasteiger partial charge in [-0.2, -0.15) is 0 Å². The highest BCUT2D eigenvalue weighted by atomic mass is 16.6. The predicted molar refractivity (Wildman–Crippen MR) is 66.0 cm³/mol. The van der Waals surface area contributed by atoms with Crippen molar-refractivity contribution in [2.75, 3.05) is 6.61 Å². The molecule has 4 heteroatoms. The highest BCUT2D eigenvalue weighted by Crippen LogP contribution is 2.08. The van der Waals surface area contributed by atoms with Crippen LogP contribution in [0.15, 0.2) is 35.5 Å². The third kappa shape index (κ3) is 5.15. The number of oxime groups is 1. The van der Waals surface area contributed by atoms with Crippen molar-refractivity contribution < 1.29 is 14.7 Å². The molecule has 0 aliphatic rings. The number of benzene rings is 1. The summed E-state index contributed by atoms with van der Waals surface area (Å²) in [6.07, 6.45) is 0.891. The van der Waals surface area contributed by atoms with Gasteiger partial charge in [0.1, 0.15) is 6.61 Å². The molecule has 1 aromatic rings. The molecule has 0 aliphatic carbocycles. The molecule has 0 aliphatic heterocycles. The van der Waals surface area contributed by atoms with Crippen LogP contribution < -0.4 is 0 Å². The summed E-state index contributed by atoms with van der Waals surface area (Å²) in [7, 11) is 0. The van der Waals surface area contributed by atoms with Gasteiger partial charge in [-0.3, -0.25) is 0 Å². The number of aliphatic carboxylic acids is 1. The fourth-order valence-electron chi connectivity index (χ4n) is 1.38. The van der Waals surface area contributed by atoms with Gasteiger partial charge >= 0.3 is 5.97 Å². The summed E-state index contributed by atoms with van der Waals surface area (Å²) in [6, 6.07) is 10.1. The highest BCUT2D eigenvalue weighted by Gasteiger charge is 2.05. The van der Waals surface area contributed by atoms with Gasteiger partial charge in [0.15, 0.2) is 5.71 Å². The lowest BCUT2D eigenvalue weighted by atomic mass is 10.0. The van der Waals surface area contributed by atoms with Crippen LogP contribution in [0.2, 0.25) is 0 Å². The quantitative estimate of drug-likeness (QED) is 0.608. The average Bonchev–Trinajstić information content (AvgIpc) is 2.30. The highest BCUT2D eigenvalue weighted by molar-refractivity contribution is 6.34. The Morgan fingerprint density at radius 2 is 2.06 bits per heavy atom. The van der Waals surface area contributed by atoms with Crippen molar-refractivity contribution in [2.24, 2.45) is 11.1 Å². The van der Waals surface area contributed by atoms with Gasteiger partial charge < -0.3 is 9.94 Å². The zero-order chi connectivity index (χ0) is 12.7. The van der Waals surface area contributed by atoms with Gasteiger partial charge in [-0.25, -0.2) is 4.79 Å². The van der Waals surface area contributed by atoms with E-state index < -0.39 is 5.97 Å². The summed E-state index contributed by atoms with van der Waals surface area (Å²) in [5, 5.41) is 12.1. The maximum Gasteiger partial charge on any atom is 0.353 e. The van der Waals surface area contributed by atoms with Crippen LogP contribution >= 0.6 is 0 Å². The van der Waals surface area contributed by atoms with E-state index in [-0.39, 0.29) is 5.71 Å². The lowest BCUT2D eigenvalue weighted by Gasteiger charge is -2.09. The van der Waals surface area contributed by atoms with Crippen LogP contribution in [0.3, 0.4) is 0 Å². The largest absolute Gasteiger partial charge is 0.477 e. The molecule has 0 aromatic heterocycles. The van der Waals surface area contributed by atoms with Gasteiger partial charge in [0.2, 0.25) is 0 Å². The predicted octanol–water partition coefficient (Wildman–Crippen LogP) is 2.34. The normalized spacial score (nSPS) is 13.2. The van der Waals surface area contributed by atoms with Crippen molar-refractivity contribution in [3.05, 3.63) is 35.9 Å². The minimum Gasteiger partial charge on any atom is -0.477 e. The average molecular weight is 235 g/mol. The van der Waals surface area contributed by atoms with E-state index in [0.29, 0.717) is 12.5 Å². The Kier molecular flexibility index (Phi) is 5.20. The topological polar surface area (TPSA) is 58.9 Å². The van der Waals surface area contributed by atoms with Crippen LogP contribution in [0.25, 0.3) is 0 Å². The maximum absolute atomic E-state index is 10.5. The van der Waals surface area contributed by atoms with Crippen LogP contribution in [0.4, 0.5) is 0 Å². The lowest BCUT2D eigenvalue weighted by molar-refractivity contribution is -0.129. The minimum absolute atomic E-state index is 0.0306. The summed E-state index contributed by atoms with van der Waals surface area (Å²) in [5.41, 5.74) is 1.21. The minimum atomic E-state index is -1.05. The Labute approximate surface area is 101 Å². The molecule has 0 radical (unpaired) electrons. The second kappa shape index (κ2) is 6.68. The van der Waals surface area contributed by atoms with Crippen LogP contribution in [0.1, 0.15) is 19.4 Å². The van der Waals surface area contributed by atoms with Gasteiger partial charge in [-0.1, -0.05) is 42.4 Å². The molecule has 92 valence electrons. The monoisotopic (exact) mass is 235 g/mol. The van der Waals surface area contributed by atoms with E-state index in [2.05, 4.69) is 17.3 Å². The summed E-state index contributed by atoms with van der Waals surface area (Å²) >= 11 is 0. The SMILES string of the molecule is C/C(=N/OCC(C)Cc1ccccc1)C(=O)O. The van der Waals surface area contributed by atoms with Crippen LogP contribution in [0, 0.1) is 5.92 Å². The number of carboxylic acids is 1. The molecule has 0 saturated carbocycles. The fraction of sp³-hybridized carbons (Fsp3) is 0.385. The fourth-order valence-corrected chi connectivity index (χ4v) is 1.38. The van der Waals surface area contributed by atoms with Gasteiger partial charge in [0.25, 0.3) is 0 Å². The summed E-state index contributed by atoms with van der Waals surface area (Å²) in [4.78, 5) is 15.5. The number of rotatable bonds is 6. The third-order valence-corrected chi connectivity index (χ3v) is 2.30. The molecule has 0 amide bonds. The molecule has 0 spiro atoms. The number of hydrogen-bond acceptors (Lipinski definition) is 3. The van der Waals surface area contributed by atoms with E-state index in [9.17, 15) is 4.79 Å². The van der Waals surface area contributed by atoms with Crippen molar-refractivity contribution in [3.8, 4) is 0 Å². The Bertz CT molecular complexity index is 387. The van der Waals surface area contributed by atoms with Crippen molar-refractivity contribution >= 4 is 11.7 Å². The van der Waals surface area contributed by atoms with Crippen molar-refractivity contribution in [1.29, 1.82) is 0 Å². The van der Waals surface area contributed by atoms with Crippen molar-refractivity contribution in [2.45, 2.75) is 20.3 Å². The molecular weight excluding hydrogens is 218 g/mol. The number of hydrogen-bond donors (Lipinski definition) is 1. The smallest absolute Gasteiger partial charge is 0.353 e. The van der Waals surface area contributed by atoms with Gasteiger partial charge in [0.05, 0.1) is 0 Å². The first-order valence-corrected chi connectivity index (χ1v) is 5.53. The van der Waals surface area contributed by atoms with Crippen LogP contribution in [-0.2, 0) is 16.1 Å². The Balaban J connectivity index is 2.34.